The second-order valence-electron chi connectivity index (χ2n) is 13.1. The number of hydrogen-bond acceptors (Lipinski definition) is 8. The summed E-state index contributed by atoms with van der Waals surface area (Å²) in [5.41, 5.74) is 5.03. The lowest BCUT2D eigenvalue weighted by molar-refractivity contribution is -0.0592. The summed E-state index contributed by atoms with van der Waals surface area (Å²) in [4.78, 5) is 29.4. The van der Waals surface area contributed by atoms with E-state index in [0.29, 0.717) is 24.0 Å². The van der Waals surface area contributed by atoms with E-state index in [2.05, 4.69) is 26.6 Å². The van der Waals surface area contributed by atoms with Gasteiger partial charge in [0.1, 0.15) is 18.0 Å². The van der Waals surface area contributed by atoms with Gasteiger partial charge in [0.05, 0.1) is 53.8 Å². The van der Waals surface area contributed by atoms with Crippen LogP contribution in [0, 0.1) is 0 Å². The standard InChI is InChI=1S/C35H40N6O4/c1-35(2,3)45-34(42)26-8-10-30-31(17-26)41(20-28-13-16-43-28)32(37-30)21-39-14-11-25(12-15-39)29-5-4-6-33(38-29)44-22-24-7-9-27-18-36-23-40(27)19-24/h4-10,17-19,23,25,28H,11-16,20-22H2,1-3H3/t28-/m0/s1. The van der Waals surface area contributed by atoms with Crippen molar-refractivity contribution in [1.82, 2.24) is 28.8 Å². The number of benzene rings is 1. The molecule has 2 aliphatic rings. The number of nitrogens with zero attached hydrogens (tertiary/aromatic N) is 6. The molecule has 6 heterocycles. The van der Waals surface area contributed by atoms with Crippen molar-refractivity contribution >= 4 is 22.5 Å². The fraction of sp³-hybridized carbons (Fsp3) is 0.429. The van der Waals surface area contributed by atoms with Crippen molar-refractivity contribution in [1.29, 1.82) is 0 Å². The molecule has 1 aromatic carbocycles. The number of likely N-dealkylation sites (tertiary alicyclic amines) is 1. The van der Waals surface area contributed by atoms with Gasteiger partial charge in [0.15, 0.2) is 0 Å². The molecule has 0 spiro atoms. The molecule has 2 fully saturated rings. The molecule has 0 radical (unpaired) electrons. The Bertz CT molecular complexity index is 1810. The predicted octanol–water partition coefficient (Wildman–Crippen LogP) is 5.78. The summed E-state index contributed by atoms with van der Waals surface area (Å²) in [6.45, 7) is 10.3. The Hall–Kier alpha value is -4.28. The fourth-order valence-corrected chi connectivity index (χ4v) is 6.13. The van der Waals surface area contributed by atoms with Crippen molar-refractivity contribution < 1.29 is 19.0 Å². The molecule has 0 N–H and O–H groups in total. The van der Waals surface area contributed by atoms with Crippen LogP contribution in [0.15, 0.2) is 67.3 Å². The number of esters is 1. The van der Waals surface area contributed by atoms with E-state index in [1.807, 2.05) is 74.0 Å². The minimum Gasteiger partial charge on any atom is -0.473 e. The molecule has 10 nitrogen and oxygen atoms in total. The molecule has 45 heavy (non-hydrogen) atoms. The zero-order chi connectivity index (χ0) is 31.0. The molecule has 0 amide bonds. The zero-order valence-corrected chi connectivity index (χ0v) is 26.2. The summed E-state index contributed by atoms with van der Waals surface area (Å²) in [5, 5.41) is 0. The number of carbonyl (C=O) groups is 1. The molecule has 7 rings (SSSR count). The number of imidazole rings is 2. The van der Waals surface area contributed by atoms with Gasteiger partial charge < -0.3 is 23.2 Å². The molecule has 234 valence electrons. The number of fused-ring (bicyclic) bond motifs is 2. The van der Waals surface area contributed by atoms with Crippen molar-refractivity contribution in [2.45, 2.75) is 77.4 Å². The molecular formula is C35H40N6O4. The molecule has 1 atom stereocenters. The zero-order valence-electron chi connectivity index (χ0n) is 26.2. The Kier molecular flexibility index (Phi) is 8.01. The Morgan fingerprint density at radius 2 is 1.89 bits per heavy atom. The van der Waals surface area contributed by atoms with E-state index in [-0.39, 0.29) is 12.1 Å². The molecule has 2 aliphatic heterocycles. The minimum absolute atomic E-state index is 0.173. The largest absolute Gasteiger partial charge is 0.473 e. The molecule has 4 aromatic heterocycles. The van der Waals surface area contributed by atoms with Crippen LogP contribution in [0.25, 0.3) is 16.6 Å². The van der Waals surface area contributed by atoms with E-state index in [1.54, 1.807) is 6.33 Å². The van der Waals surface area contributed by atoms with Crippen LogP contribution in [-0.2, 0) is 29.2 Å². The van der Waals surface area contributed by atoms with Gasteiger partial charge >= 0.3 is 5.97 Å². The molecule has 2 saturated heterocycles. The van der Waals surface area contributed by atoms with E-state index in [1.165, 1.54) is 0 Å². The summed E-state index contributed by atoms with van der Waals surface area (Å²) < 4.78 is 21.7. The predicted molar refractivity (Wildman–Crippen MR) is 170 cm³/mol. The Labute approximate surface area is 263 Å². The smallest absolute Gasteiger partial charge is 0.338 e. The van der Waals surface area contributed by atoms with Gasteiger partial charge in [0, 0.05) is 36.0 Å². The second-order valence-corrected chi connectivity index (χ2v) is 13.1. The first-order valence-corrected chi connectivity index (χ1v) is 15.8. The SMILES string of the molecule is CC(C)(C)OC(=O)c1ccc2nc(CN3CCC(c4cccc(OCc5ccc6cncn6c5)n4)CC3)n(C[C@@H]3CCO3)c2c1. The first-order valence-electron chi connectivity index (χ1n) is 15.8. The maximum atomic E-state index is 12.8. The number of rotatable bonds is 9. The number of hydrogen-bond donors (Lipinski definition) is 0. The monoisotopic (exact) mass is 608 g/mol. The van der Waals surface area contributed by atoms with Crippen LogP contribution in [-0.4, -0.2) is 66.2 Å². The first kappa shape index (κ1) is 29.4. The highest BCUT2D eigenvalue weighted by molar-refractivity contribution is 5.94. The lowest BCUT2D eigenvalue weighted by Gasteiger charge is -2.32. The van der Waals surface area contributed by atoms with Gasteiger partial charge in [-0.25, -0.2) is 19.7 Å². The normalized spacial score (nSPS) is 17.9. The number of ether oxygens (including phenoxy) is 3. The highest BCUT2D eigenvalue weighted by Crippen LogP contribution is 2.30. The van der Waals surface area contributed by atoms with Gasteiger partial charge in [0.2, 0.25) is 5.88 Å². The Morgan fingerprint density at radius 3 is 2.67 bits per heavy atom. The van der Waals surface area contributed by atoms with Crippen LogP contribution in [0.2, 0.25) is 0 Å². The third-order valence-electron chi connectivity index (χ3n) is 8.61. The van der Waals surface area contributed by atoms with Crippen molar-refractivity contribution in [3.63, 3.8) is 0 Å². The van der Waals surface area contributed by atoms with E-state index >= 15 is 0 Å². The van der Waals surface area contributed by atoms with E-state index < -0.39 is 5.60 Å². The van der Waals surface area contributed by atoms with Crippen molar-refractivity contribution in [2.24, 2.45) is 0 Å². The number of pyridine rings is 2. The molecule has 0 saturated carbocycles. The Balaban J connectivity index is 1.01. The average Bonchev–Trinajstić information content (AvgIpc) is 3.61. The van der Waals surface area contributed by atoms with Gasteiger partial charge in [-0.05, 0) is 83.5 Å². The van der Waals surface area contributed by atoms with Gasteiger partial charge in [0.25, 0.3) is 0 Å². The Morgan fingerprint density at radius 1 is 1.04 bits per heavy atom. The lowest BCUT2D eigenvalue weighted by atomic mass is 9.93. The van der Waals surface area contributed by atoms with Gasteiger partial charge in [-0.15, -0.1) is 0 Å². The number of aromatic nitrogens is 5. The van der Waals surface area contributed by atoms with Gasteiger partial charge in [-0.1, -0.05) is 12.1 Å². The van der Waals surface area contributed by atoms with Crippen LogP contribution in [0.5, 0.6) is 5.88 Å². The summed E-state index contributed by atoms with van der Waals surface area (Å²) in [6, 6.07) is 15.8. The number of piperidine rings is 1. The van der Waals surface area contributed by atoms with Crippen LogP contribution in [0.3, 0.4) is 0 Å². The molecule has 5 aromatic rings. The van der Waals surface area contributed by atoms with Crippen LogP contribution >= 0.6 is 0 Å². The highest BCUT2D eigenvalue weighted by Gasteiger charge is 2.27. The summed E-state index contributed by atoms with van der Waals surface area (Å²) >= 11 is 0. The van der Waals surface area contributed by atoms with Crippen molar-refractivity contribution in [3.05, 3.63) is 89.9 Å². The third kappa shape index (κ3) is 6.72. The summed E-state index contributed by atoms with van der Waals surface area (Å²) in [7, 11) is 0. The van der Waals surface area contributed by atoms with Gasteiger partial charge in [-0.2, -0.15) is 0 Å². The molecule has 0 unspecified atom stereocenters. The van der Waals surface area contributed by atoms with Crippen molar-refractivity contribution in [3.8, 4) is 5.88 Å². The van der Waals surface area contributed by atoms with E-state index in [0.717, 1.165) is 85.7 Å². The fourth-order valence-electron chi connectivity index (χ4n) is 6.13. The number of carbonyl (C=O) groups excluding carboxylic acids is 1. The van der Waals surface area contributed by atoms with E-state index in [4.69, 9.17) is 24.2 Å². The molecule has 10 heteroatoms. The highest BCUT2D eigenvalue weighted by atomic mass is 16.6. The van der Waals surface area contributed by atoms with Crippen LogP contribution in [0.1, 0.15) is 73.4 Å². The first-order chi connectivity index (χ1) is 21.8. The topological polar surface area (TPSA) is 96.0 Å². The average molecular weight is 609 g/mol. The lowest BCUT2D eigenvalue weighted by Crippen LogP contribution is -2.35. The minimum atomic E-state index is -0.552. The summed E-state index contributed by atoms with van der Waals surface area (Å²) in [6.07, 6.45) is 8.91. The van der Waals surface area contributed by atoms with Crippen LogP contribution in [0.4, 0.5) is 0 Å². The molecule has 0 aliphatic carbocycles. The second kappa shape index (κ2) is 12.3. The van der Waals surface area contributed by atoms with Crippen LogP contribution < -0.4 is 4.74 Å². The van der Waals surface area contributed by atoms with Crippen molar-refractivity contribution in [2.75, 3.05) is 19.7 Å². The quantitative estimate of drug-likeness (QED) is 0.194. The molecular weight excluding hydrogens is 568 g/mol. The summed E-state index contributed by atoms with van der Waals surface area (Å²) in [5.74, 6) is 1.71. The maximum Gasteiger partial charge on any atom is 0.338 e. The maximum absolute atomic E-state index is 12.8. The van der Waals surface area contributed by atoms with Gasteiger partial charge in [-0.3, -0.25) is 4.90 Å². The molecule has 0 bridgehead atoms. The third-order valence-corrected chi connectivity index (χ3v) is 8.61. The van der Waals surface area contributed by atoms with E-state index in [9.17, 15) is 4.79 Å².